The molecule has 0 radical (unpaired) electrons. The monoisotopic (exact) mass is 237 g/mol. The summed E-state index contributed by atoms with van der Waals surface area (Å²) in [5.74, 6) is 1.33. The van der Waals surface area contributed by atoms with Crippen molar-refractivity contribution in [2.24, 2.45) is 17.6 Å². The van der Waals surface area contributed by atoms with Crippen LogP contribution in [0.2, 0.25) is 5.02 Å². The van der Waals surface area contributed by atoms with Gasteiger partial charge in [0.25, 0.3) is 0 Å². The van der Waals surface area contributed by atoms with Gasteiger partial charge in [0.1, 0.15) is 0 Å². The standard InChI is InChI=1S/C14H20ClN/c1-9-3-4-12(13(15)7-9)8-11-5-6-14(16)10(11)2/h3-4,7,10-11,14H,5-6,8,16H2,1-2H3. The van der Waals surface area contributed by atoms with Crippen molar-refractivity contribution in [2.75, 3.05) is 0 Å². The van der Waals surface area contributed by atoms with Crippen molar-refractivity contribution in [1.82, 2.24) is 0 Å². The van der Waals surface area contributed by atoms with Crippen molar-refractivity contribution in [3.63, 3.8) is 0 Å². The van der Waals surface area contributed by atoms with Gasteiger partial charge in [-0.25, -0.2) is 0 Å². The van der Waals surface area contributed by atoms with Crippen LogP contribution in [0.5, 0.6) is 0 Å². The highest BCUT2D eigenvalue weighted by atomic mass is 35.5. The molecule has 1 aromatic carbocycles. The Kier molecular flexibility index (Phi) is 3.56. The quantitative estimate of drug-likeness (QED) is 0.836. The molecule has 88 valence electrons. The molecular weight excluding hydrogens is 218 g/mol. The van der Waals surface area contributed by atoms with Crippen LogP contribution >= 0.6 is 11.6 Å². The van der Waals surface area contributed by atoms with Gasteiger partial charge in [-0.15, -0.1) is 0 Å². The Bertz CT molecular complexity index is 375. The average molecular weight is 238 g/mol. The molecule has 0 spiro atoms. The van der Waals surface area contributed by atoms with Gasteiger partial charge in [0.05, 0.1) is 0 Å². The second-order valence-electron chi connectivity index (χ2n) is 5.16. The van der Waals surface area contributed by atoms with Crippen molar-refractivity contribution >= 4 is 11.6 Å². The maximum Gasteiger partial charge on any atom is 0.0440 e. The molecule has 1 saturated carbocycles. The Morgan fingerprint density at radius 1 is 1.38 bits per heavy atom. The molecule has 0 bridgehead atoms. The molecule has 1 aromatic rings. The molecule has 0 heterocycles. The van der Waals surface area contributed by atoms with Gasteiger partial charge in [-0.05, 0) is 55.2 Å². The number of hydrogen-bond acceptors (Lipinski definition) is 1. The van der Waals surface area contributed by atoms with Gasteiger partial charge in [0.2, 0.25) is 0 Å². The lowest BCUT2D eigenvalue weighted by atomic mass is 9.89. The van der Waals surface area contributed by atoms with Gasteiger partial charge in [0.15, 0.2) is 0 Å². The van der Waals surface area contributed by atoms with E-state index >= 15 is 0 Å². The minimum atomic E-state index is 0.384. The van der Waals surface area contributed by atoms with Crippen LogP contribution in [0.3, 0.4) is 0 Å². The van der Waals surface area contributed by atoms with E-state index in [1.807, 2.05) is 0 Å². The van der Waals surface area contributed by atoms with E-state index in [0.717, 1.165) is 17.9 Å². The van der Waals surface area contributed by atoms with Crippen LogP contribution in [0.1, 0.15) is 30.9 Å². The second-order valence-corrected chi connectivity index (χ2v) is 5.57. The van der Waals surface area contributed by atoms with E-state index in [0.29, 0.717) is 17.9 Å². The topological polar surface area (TPSA) is 26.0 Å². The van der Waals surface area contributed by atoms with Gasteiger partial charge in [-0.2, -0.15) is 0 Å². The predicted molar refractivity (Wildman–Crippen MR) is 69.8 cm³/mol. The van der Waals surface area contributed by atoms with Crippen LogP contribution in [0, 0.1) is 18.8 Å². The highest BCUT2D eigenvalue weighted by Gasteiger charge is 2.30. The van der Waals surface area contributed by atoms with E-state index in [1.54, 1.807) is 0 Å². The summed E-state index contributed by atoms with van der Waals surface area (Å²) in [5, 5.41) is 0.910. The zero-order chi connectivity index (χ0) is 11.7. The summed E-state index contributed by atoms with van der Waals surface area (Å²) in [6.45, 7) is 4.34. The lowest BCUT2D eigenvalue weighted by molar-refractivity contribution is 0.390. The van der Waals surface area contributed by atoms with Crippen molar-refractivity contribution in [2.45, 2.75) is 39.2 Å². The van der Waals surface area contributed by atoms with Crippen molar-refractivity contribution in [1.29, 1.82) is 0 Å². The molecule has 2 rings (SSSR count). The molecule has 2 N–H and O–H groups in total. The molecule has 1 fully saturated rings. The fourth-order valence-electron chi connectivity index (χ4n) is 2.67. The van der Waals surface area contributed by atoms with Crippen LogP contribution in [0.25, 0.3) is 0 Å². The molecule has 3 unspecified atom stereocenters. The molecule has 2 heteroatoms. The molecule has 1 aliphatic rings. The van der Waals surface area contributed by atoms with Crippen molar-refractivity contribution in [3.8, 4) is 0 Å². The Labute approximate surface area is 103 Å². The highest BCUT2D eigenvalue weighted by Crippen LogP contribution is 2.34. The minimum absolute atomic E-state index is 0.384. The fourth-order valence-corrected chi connectivity index (χ4v) is 2.98. The Morgan fingerprint density at radius 3 is 2.69 bits per heavy atom. The molecule has 1 nitrogen and oxygen atoms in total. The summed E-state index contributed by atoms with van der Waals surface area (Å²) in [6.07, 6.45) is 3.48. The van der Waals surface area contributed by atoms with Gasteiger partial charge in [0, 0.05) is 11.1 Å². The molecule has 0 aromatic heterocycles. The first-order chi connectivity index (χ1) is 7.58. The maximum atomic E-state index is 6.26. The molecule has 0 saturated heterocycles. The smallest absolute Gasteiger partial charge is 0.0440 e. The maximum absolute atomic E-state index is 6.26. The number of hydrogen-bond donors (Lipinski definition) is 1. The summed E-state index contributed by atoms with van der Waals surface area (Å²) in [6, 6.07) is 6.74. The molecule has 1 aliphatic carbocycles. The van der Waals surface area contributed by atoms with Crippen LogP contribution in [0.4, 0.5) is 0 Å². The molecule has 16 heavy (non-hydrogen) atoms. The van der Waals surface area contributed by atoms with E-state index in [1.165, 1.54) is 17.5 Å². The summed E-state index contributed by atoms with van der Waals surface area (Å²) >= 11 is 6.26. The van der Waals surface area contributed by atoms with Crippen LogP contribution < -0.4 is 5.73 Å². The highest BCUT2D eigenvalue weighted by molar-refractivity contribution is 6.31. The number of aryl methyl sites for hydroxylation is 1. The van der Waals surface area contributed by atoms with E-state index in [-0.39, 0.29) is 0 Å². The van der Waals surface area contributed by atoms with Gasteiger partial charge >= 0.3 is 0 Å². The third-order valence-corrected chi connectivity index (χ3v) is 4.33. The average Bonchev–Trinajstić information content (AvgIpc) is 2.54. The molecular formula is C14H20ClN. The van der Waals surface area contributed by atoms with Crippen molar-refractivity contribution < 1.29 is 0 Å². The predicted octanol–water partition coefficient (Wildman–Crippen LogP) is 3.56. The SMILES string of the molecule is Cc1ccc(CC2CCC(N)C2C)c(Cl)c1. The zero-order valence-electron chi connectivity index (χ0n) is 10.0. The Hall–Kier alpha value is -0.530. The third-order valence-electron chi connectivity index (χ3n) is 3.98. The molecule has 3 atom stereocenters. The third kappa shape index (κ3) is 2.41. The largest absolute Gasteiger partial charge is 0.327 e. The first kappa shape index (κ1) is 11.9. The number of halogens is 1. The Balaban J connectivity index is 2.09. The Morgan fingerprint density at radius 2 is 2.12 bits per heavy atom. The number of rotatable bonds is 2. The van der Waals surface area contributed by atoms with Crippen molar-refractivity contribution in [3.05, 3.63) is 34.3 Å². The van der Waals surface area contributed by atoms with E-state index in [9.17, 15) is 0 Å². The van der Waals surface area contributed by atoms with E-state index in [2.05, 4.69) is 32.0 Å². The van der Waals surface area contributed by atoms with Gasteiger partial charge in [-0.1, -0.05) is 30.7 Å². The first-order valence-electron chi connectivity index (χ1n) is 6.08. The van der Waals surface area contributed by atoms with Gasteiger partial charge < -0.3 is 5.73 Å². The van der Waals surface area contributed by atoms with Crippen LogP contribution in [0.15, 0.2) is 18.2 Å². The molecule has 0 aliphatic heterocycles. The van der Waals surface area contributed by atoms with Crippen LogP contribution in [-0.2, 0) is 6.42 Å². The minimum Gasteiger partial charge on any atom is -0.327 e. The summed E-state index contributed by atoms with van der Waals surface area (Å²) in [5.41, 5.74) is 8.55. The normalized spacial score (nSPS) is 29.6. The summed E-state index contributed by atoms with van der Waals surface area (Å²) in [7, 11) is 0. The molecule has 0 amide bonds. The number of benzene rings is 1. The van der Waals surface area contributed by atoms with E-state index < -0.39 is 0 Å². The first-order valence-corrected chi connectivity index (χ1v) is 6.46. The lowest BCUT2D eigenvalue weighted by Crippen LogP contribution is -2.25. The fraction of sp³-hybridized carbons (Fsp3) is 0.571. The van der Waals surface area contributed by atoms with Crippen LogP contribution in [-0.4, -0.2) is 6.04 Å². The lowest BCUT2D eigenvalue weighted by Gasteiger charge is -2.18. The second kappa shape index (κ2) is 4.77. The van der Waals surface area contributed by atoms with E-state index in [4.69, 9.17) is 17.3 Å². The zero-order valence-corrected chi connectivity index (χ0v) is 10.8. The summed E-state index contributed by atoms with van der Waals surface area (Å²) in [4.78, 5) is 0. The number of nitrogens with two attached hydrogens (primary N) is 1. The van der Waals surface area contributed by atoms with Gasteiger partial charge in [-0.3, -0.25) is 0 Å². The summed E-state index contributed by atoms with van der Waals surface area (Å²) < 4.78 is 0.